The largest absolute Gasteiger partial charge is 0.546 e. The Morgan fingerprint density at radius 1 is 1.28 bits per heavy atom. The molecule has 29 heavy (non-hydrogen) atoms. The predicted molar refractivity (Wildman–Crippen MR) is 118 cm³/mol. The molecule has 1 aliphatic rings. The number of halogens is 1. The Kier molecular flexibility index (Phi) is 7.15. The molecule has 1 fully saturated rings. The maximum absolute atomic E-state index is 12.3. The molecule has 3 rings (SSSR count). The van der Waals surface area contributed by atoms with Crippen molar-refractivity contribution in [3.05, 3.63) is 56.5 Å². The number of carboxylic acids is 1. The molecule has 0 aromatic heterocycles. The monoisotopic (exact) mass is 523 g/mol. The normalized spacial score (nSPS) is 16.1. The van der Waals surface area contributed by atoms with E-state index in [0.717, 1.165) is 11.3 Å². The lowest BCUT2D eigenvalue weighted by molar-refractivity contribution is -0.307. The van der Waals surface area contributed by atoms with Crippen LogP contribution in [0.25, 0.3) is 6.08 Å². The summed E-state index contributed by atoms with van der Waals surface area (Å²) in [6, 6.07) is 12.8. The number of amidine groups is 1. The number of amides is 1. The molecule has 1 amide bonds. The standard InChI is InChI=1S/C20H17IN2O5S/c1-2-27-15-9-12(8-14(21)18(15)28-11-17(24)25)10-16-19(26)23-20(29-16)22-13-6-4-3-5-7-13/h3-10H,2,11H2,1H3,(H,24,25)(H,22,23,26)/p-1/b16-10+. The minimum Gasteiger partial charge on any atom is -0.546 e. The van der Waals surface area contributed by atoms with Gasteiger partial charge in [0.2, 0.25) is 0 Å². The van der Waals surface area contributed by atoms with Crippen LogP contribution in [0, 0.1) is 3.57 Å². The van der Waals surface area contributed by atoms with E-state index in [2.05, 4.69) is 10.3 Å². The molecule has 7 nitrogen and oxygen atoms in total. The van der Waals surface area contributed by atoms with Gasteiger partial charge in [-0.3, -0.25) is 4.79 Å². The highest BCUT2D eigenvalue weighted by Crippen LogP contribution is 2.36. The first-order chi connectivity index (χ1) is 14.0. The summed E-state index contributed by atoms with van der Waals surface area (Å²) in [5.41, 5.74) is 1.47. The van der Waals surface area contributed by atoms with Gasteiger partial charge in [-0.15, -0.1) is 0 Å². The SMILES string of the molecule is CCOc1cc(/C=C2/SC(=Nc3ccccc3)NC2=O)cc(I)c1OCC(=O)[O-]. The molecule has 0 atom stereocenters. The van der Waals surface area contributed by atoms with Crippen molar-refractivity contribution in [1.82, 2.24) is 5.32 Å². The smallest absolute Gasteiger partial charge is 0.264 e. The van der Waals surface area contributed by atoms with Crippen LogP contribution in [0.5, 0.6) is 11.5 Å². The predicted octanol–water partition coefficient (Wildman–Crippen LogP) is 2.71. The fraction of sp³-hybridized carbons (Fsp3) is 0.150. The van der Waals surface area contributed by atoms with Crippen LogP contribution in [0.3, 0.4) is 0 Å². The molecule has 1 saturated heterocycles. The summed E-state index contributed by atoms with van der Waals surface area (Å²) in [7, 11) is 0. The number of carboxylic acid groups (broad SMARTS) is 1. The van der Waals surface area contributed by atoms with Crippen LogP contribution in [0.15, 0.2) is 52.4 Å². The van der Waals surface area contributed by atoms with Crippen LogP contribution in [0.1, 0.15) is 12.5 Å². The zero-order chi connectivity index (χ0) is 20.8. The van der Waals surface area contributed by atoms with Crippen LogP contribution >= 0.6 is 34.4 Å². The van der Waals surface area contributed by atoms with Crippen LogP contribution in [0.2, 0.25) is 0 Å². The van der Waals surface area contributed by atoms with Gasteiger partial charge in [0.05, 0.1) is 26.7 Å². The molecule has 0 aliphatic carbocycles. The Morgan fingerprint density at radius 3 is 2.72 bits per heavy atom. The van der Waals surface area contributed by atoms with Crippen molar-refractivity contribution in [3.63, 3.8) is 0 Å². The second-order valence-electron chi connectivity index (χ2n) is 5.74. The topological polar surface area (TPSA) is 100 Å². The highest BCUT2D eigenvalue weighted by atomic mass is 127. The molecule has 0 spiro atoms. The van der Waals surface area contributed by atoms with E-state index >= 15 is 0 Å². The van der Waals surface area contributed by atoms with Crippen LogP contribution in [0.4, 0.5) is 5.69 Å². The average Bonchev–Trinajstić information content (AvgIpc) is 3.00. The summed E-state index contributed by atoms with van der Waals surface area (Å²) >= 11 is 3.27. The number of para-hydroxylation sites is 1. The van der Waals surface area contributed by atoms with Gasteiger partial charge in [0, 0.05) is 0 Å². The lowest BCUT2D eigenvalue weighted by atomic mass is 10.2. The van der Waals surface area contributed by atoms with Crippen molar-refractivity contribution in [2.45, 2.75) is 6.92 Å². The summed E-state index contributed by atoms with van der Waals surface area (Å²) < 4.78 is 11.5. The van der Waals surface area contributed by atoms with Gasteiger partial charge in [0.25, 0.3) is 5.91 Å². The van der Waals surface area contributed by atoms with Crippen molar-refractivity contribution in [3.8, 4) is 11.5 Å². The number of thioether (sulfide) groups is 1. The van der Waals surface area contributed by atoms with Gasteiger partial charge in [-0.2, -0.15) is 0 Å². The second kappa shape index (κ2) is 9.79. The minimum atomic E-state index is -1.32. The number of hydrogen-bond donors (Lipinski definition) is 1. The fourth-order valence-electron chi connectivity index (χ4n) is 2.46. The highest BCUT2D eigenvalue weighted by Gasteiger charge is 2.24. The molecule has 9 heteroatoms. The van der Waals surface area contributed by atoms with Crippen LogP contribution in [-0.2, 0) is 9.59 Å². The first kappa shape index (κ1) is 21.2. The van der Waals surface area contributed by atoms with Crippen LogP contribution in [-0.4, -0.2) is 30.3 Å². The van der Waals surface area contributed by atoms with E-state index in [4.69, 9.17) is 9.47 Å². The fourth-order valence-corrected chi connectivity index (χ4v) is 4.08. The Hall–Kier alpha value is -2.53. The quantitative estimate of drug-likeness (QED) is 0.443. The first-order valence-corrected chi connectivity index (χ1v) is 10.5. The van der Waals surface area contributed by atoms with Gasteiger partial charge in [-0.25, -0.2) is 4.99 Å². The second-order valence-corrected chi connectivity index (χ2v) is 7.93. The van der Waals surface area contributed by atoms with Crippen molar-refractivity contribution in [2.24, 2.45) is 4.99 Å². The van der Waals surface area contributed by atoms with Crippen molar-refractivity contribution in [2.75, 3.05) is 13.2 Å². The lowest BCUT2D eigenvalue weighted by Crippen LogP contribution is -2.29. The molecule has 2 aromatic carbocycles. The Balaban J connectivity index is 1.86. The molecule has 0 bridgehead atoms. The summed E-state index contributed by atoms with van der Waals surface area (Å²) in [4.78, 5) is 27.9. The number of nitrogens with one attached hydrogen (secondary N) is 1. The lowest BCUT2D eigenvalue weighted by Gasteiger charge is -2.15. The molecular formula is C20H16IN2O5S-. The molecule has 0 unspecified atom stereocenters. The molecule has 150 valence electrons. The maximum atomic E-state index is 12.3. The van der Waals surface area contributed by atoms with Gasteiger partial charge in [-0.05, 0) is 77.2 Å². The summed E-state index contributed by atoms with van der Waals surface area (Å²) in [5.74, 6) is -0.837. The first-order valence-electron chi connectivity index (χ1n) is 8.60. The van der Waals surface area contributed by atoms with Crippen molar-refractivity contribution >= 4 is 63.2 Å². The van der Waals surface area contributed by atoms with E-state index in [1.165, 1.54) is 11.8 Å². The van der Waals surface area contributed by atoms with E-state index in [1.54, 1.807) is 18.2 Å². The average molecular weight is 523 g/mol. The van der Waals surface area contributed by atoms with Gasteiger partial charge in [-0.1, -0.05) is 18.2 Å². The number of benzene rings is 2. The molecule has 1 aliphatic heterocycles. The third kappa shape index (κ3) is 5.73. The Morgan fingerprint density at radius 2 is 2.03 bits per heavy atom. The van der Waals surface area contributed by atoms with Crippen molar-refractivity contribution < 1.29 is 24.2 Å². The summed E-state index contributed by atoms with van der Waals surface area (Å²) in [6.07, 6.45) is 1.72. The van der Waals surface area contributed by atoms with Gasteiger partial charge in [0.1, 0.15) is 6.61 Å². The Labute approximate surface area is 185 Å². The third-order valence-corrected chi connectivity index (χ3v) is 5.31. The molecule has 2 aromatic rings. The Bertz CT molecular complexity index is 992. The number of hydrogen-bond acceptors (Lipinski definition) is 7. The maximum Gasteiger partial charge on any atom is 0.264 e. The van der Waals surface area contributed by atoms with E-state index in [-0.39, 0.29) is 5.91 Å². The number of rotatable bonds is 7. The zero-order valence-corrected chi connectivity index (χ0v) is 18.3. The number of aliphatic carboxylic acids is 1. The number of carbonyl (C=O) groups excluding carboxylic acids is 2. The van der Waals surface area contributed by atoms with Crippen LogP contribution < -0.4 is 19.9 Å². The van der Waals surface area contributed by atoms with E-state index < -0.39 is 12.6 Å². The van der Waals surface area contributed by atoms with E-state index in [0.29, 0.717) is 31.7 Å². The number of nitrogens with zero attached hydrogens (tertiary/aromatic N) is 1. The third-order valence-electron chi connectivity index (χ3n) is 3.60. The zero-order valence-electron chi connectivity index (χ0n) is 15.3. The summed E-state index contributed by atoms with van der Waals surface area (Å²) in [6.45, 7) is 1.61. The molecule has 1 N–H and O–H groups in total. The van der Waals surface area contributed by atoms with Gasteiger partial charge < -0.3 is 24.7 Å². The minimum absolute atomic E-state index is 0.241. The van der Waals surface area contributed by atoms with Gasteiger partial charge >= 0.3 is 0 Å². The highest BCUT2D eigenvalue weighted by molar-refractivity contribution is 14.1. The number of ether oxygens (including phenoxy) is 2. The van der Waals surface area contributed by atoms with E-state index in [9.17, 15) is 14.7 Å². The molecular weight excluding hydrogens is 507 g/mol. The molecule has 0 radical (unpaired) electrons. The number of aliphatic imine (C=N–C) groups is 1. The van der Waals surface area contributed by atoms with Crippen molar-refractivity contribution in [1.29, 1.82) is 0 Å². The number of carbonyl (C=O) groups is 2. The van der Waals surface area contributed by atoms with Gasteiger partial charge in [0.15, 0.2) is 16.7 Å². The molecule has 1 heterocycles. The molecule has 0 saturated carbocycles. The van der Waals surface area contributed by atoms with E-state index in [1.807, 2.05) is 59.8 Å². The summed E-state index contributed by atoms with van der Waals surface area (Å²) in [5, 5.41) is 13.9.